The van der Waals surface area contributed by atoms with Crippen LogP contribution in [0.1, 0.15) is 47.9 Å². The summed E-state index contributed by atoms with van der Waals surface area (Å²) in [4.78, 5) is 3.63. The molecule has 0 aliphatic heterocycles. The Morgan fingerprint density at radius 2 is 1.96 bits per heavy atom. The number of nitrogens with two attached hydrogens (primary N) is 1. The first-order chi connectivity index (χ1) is 13.7. The minimum absolute atomic E-state index is 0.0174. The van der Waals surface area contributed by atoms with Crippen molar-refractivity contribution in [2.75, 3.05) is 13.1 Å². The van der Waals surface area contributed by atoms with Crippen molar-refractivity contribution < 1.29 is 4.39 Å². The minimum atomic E-state index is -0.185. The number of hydrogen-bond acceptors (Lipinski definition) is 2. The lowest BCUT2D eigenvalue weighted by atomic mass is 9.71. The van der Waals surface area contributed by atoms with E-state index in [1.54, 1.807) is 12.1 Å². The quantitative estimate of drug-likeness (QED) is 0.556. The van der Waals surface area contributed by atoms with E-state index in [0.29, 0.717) is 0 Å². The van der Waals surface area contributed by atoms with Crippen molar-refractivity contribution in [1.82, 2.24) is 10.3 Å². The van der Waals surface area contributed by atoms with E-state index in [2.05, 4.69) is 34.6 Å². The molecule has 1 aromatic heterocycles. The Balaban J connectivity index is 1.48. The van der Waals surface area contributed by atoms with Crippen LogP contribution in [-0.2, 0) is 6.42 Å². The number of benzene rings is 2. The van der Waals surface area contributed by atoms with E-state index in [4.69, 9.17) is 5.73 Å². The molecule has 0 radical (unpaired) electrons. The Hall–Kier alpha value is -2.17. The first-order valence-corrected chi connectivity index (χ1v) is 10.5. The van der Waals surface area contributed by atoms with Gasteiger partial charge in [0.1, 0.15) is 5.82 Å². The molecule has 4 N–H and O–H groups in total. The maximum atomic E-state index is 13.9. The summed E-state index contributed by atoms with van der Waals surface area (Å²) >= 11 is 0. The fourth-order valence-electron chi connectivity index (χ4n) is 4.93. The van der Waals surface area contributed by atoms with Gasteiger partial charge in [0.25, 0.3) is 0 Å². The highest BCUT2D eigenvalue weighted by atomic mass is 19.1. The number of fused-ring (bicyclic) bond motifs is 3. The first-order valence-electron chi connectivity index (χ1n) is 10.5. The number of halogens is 1. The zero-order valence-electron chi connectivity index (χ0n) is 16.1. The number of aromatic nitrogens is 1. The molecule has 4 heteroatoms. The van der Waals surface area contributed by atoms with Crippen molar-refractivity contribution in [3.63, 3.8) is 0 Å². The summed E-state index contributed by atoms with van der Waals surface area (Å²) in [5, 5.41) is 4.91. The highest BCUT2D eigenvalue weighted by Gasteiger charge is 2.37. The fraction of sp³-hybridized carbons (Fsp3) is 0.417. The molecule has 1 saturated carbocycles. The van der Waals surface area contributed by atoms with Crippen LogP contribution in [0.2, 0.25) is 0 Å². The molecule has 3 aromatic rings. The summed E-state index contributed by atoms with van der Waals surface area (Å²) in [5.74, 6) is 1.09. The third-order valence-corrected chi connectivity index (χ3v) is 6.59. The summed E-state index contributed by atoms with van der Waals surface area (Å²) in [5.41, 5.74) is 11.7. The van der Waals surface area contributed by atoms with Crippen molar-refractivity contribution in [1.29, 1.82) is 0 Å². The van der Waals surface area contributed by atoms with Crippen LogP contribution in [0.25, 0.3) is 10.9 Å². The summed E-state index contributed by atoms with van der Waals surface area (Å²) in [7, 11) is 0. The van der Waals surface area contributed by atoms with Gasteiger partial charge in [-0.05, 0) is 74.0 Å². The molecule has 3 atom stereocenters. The van der Waals surface area contributed by atoms with E-state index >= 15 is 0 Å². The van der Waals surface area contributed by atoms with Crippen LogP contribution in [0.5, 0.6) is 0 Å². The fourth-order valence-corrected chi connectivity index (χ4v) is 4.93. The van der Waals surface area contributed by atoms with Crippen LogP contribution in [0, 0.1) is 11.7 Å². The second kappa shape index (κ2) is 7.34. The topological polar surface area (TPSA) is 53.8 Å². The SMILES string of the molecule is N[C@@H]1[C@@H](c2cccc(F)c2)Cc2[nH]c3ccccc3c2[C@H]1CCNCC1CC1. The predicted molar refractivity (Wildman–Crippen MR) is 112 cm³/mol. The molecule has 2 aliphatic carbocycles. The Labute approximate surface area is 165 Å². The minimum Gasteiger partial charge on any atom is -0.358 e. The molecule has 0 amide bonds. The second-order valence-corrected chi connectivity index (χ2v) is 8.55. The van der Waals surface area contributed by atoms with Gasteiger partial charge in [-0.15, -0.1) is 0 Å². The van der Waals surface area contributed by atoms with Crippen molar-refractivity contribution in [2.45, 2.75) is 43.6 Å². The monoisotopic (exact) mass is 377 g/mol. The first kappa shape index (κ1) is 17.9. The molecule has 0 saturated heterocycles. The smallest absolute Gasteiger partial charge is 0.123 e. The molecule has 2 aliphatic rings. The normalized spacial score (nSPS) is 24.4. The Morgan fingerprint density at radius 1 is 1.11 bits per heavy atom. The van der Waals surface area contributed by atoms with Crippen molar-refractivity contribution in [3.05, 3.63) is 71.2 Å². The zero-order valence-corrected chi connectivity index (χ0v) is 16.1. The molecule has 1 heterocycles. The van der Waals surface area contributed by atoms with E-state index in [-0.39, 0.29) is 23.7 Å². The molecule has 5 rings (SSSR count). The molecule has 0 bridgehead atoms. The van der Waals surface area contributed by atoms with Crippen molar-refractivity contribution in [2.24, 2.45) is 11.7 Å². The highest BCUT2D eigenvalue weighted by molar-refractivity contribution is 5.85. The standard InChI is InChI=1S/C24H28FN3/c25-17-5-3-4-16(12-17)20-13-22-23(18-6-1-2-7-21(18)28-22)19(24(20)26)10-11-27-14-15-8-9-15/h1-7,12,15,19-20,24,27-28H,8-11,13-14,26H2/t19-,20-,24+/m1/s1. The van der Waals surface area contributed by atoms with E-state index in [1.807, 2.05) is 6.07 Å². The Morgan fingerprint density at radius 3 is 2.79 bits per heavy atom. The van der Waals surface area contributed by atoms with Gasteiger partial charge in [0, 0.05) is 34.5 Å². The van der Waals surface area contributed by atoms with Crippen molar-refractivity contribution >= 4 is 10.9 Å². The molecular formula is C24H28FN3. The average Bonchev–Trinajstić information content (AvgIpc) is 3.45. The van der Waals surface area contributed by atoms with Gasteiger partial charge in [-0.25, -0.2) is 4.39 Å². The Bertz CT molecular complexity index is 975. The Kier molecular flexibility index (Phi) is 4.69. The van der Waals surface area contributed by atoms with E-state index in [9.17, 15) is 4.39 Å². The van der Waals surface area contributed by atoms with Gasteiger partial charge < -0.3 is 16.0 Å². The largest absolute Gasteiger partial charge is 0.358 e. The molecule has 1 fully saturated rings. The van der Waals surface area contributed by atoms with Gasteiger partial charge >= 0.3 is 0 Å². The maximum Gasteiger partial charge on any atom is 0.123 e. The van der Waals surface area contributed by atoms with Crippen LogP contribution < -0.4 is 11.1 Å². The molecule has 3 nitrogen and oxygen atoms in total. The molecule has 2 aromatic carbocycles. The maximum absolute atomic E-state index is 13.9. The third-order valence-electron chi connectivity index (χ3n) is 6.59. The van der Waals surface area contributed by atoms with Gasteiger partial charge in [0.15, 0.2) is 0 Å². The van der Waals surface area contributed by atoms with Crippen LogP contribution in [-0.4, -0.2) is 24.1 Å². The molecular weight excluding hydrogens is 349 g/mol. The van der Waals surface area contributed by atoms with Gasteiger partial charge in [-0.3, -0.25) is 0 Å². The number of para-hydroxylation sites is 1. The molecule has 0 unspecified atom stereocenters. The van der Waals surface area contributed by atoms with Crippen LogP contribution in [0.4, 0.5) is 4.39 Å². The summed E-state index contributed by atoms with van der Waals surface area (Å²) in [6.07, 6.45) is 4.57. The van der Waals surface area contributed by atoms with Gasteiger partial charge in [-0.2, -0.15) is 0 Å². The van der Waals surface area contributed by atoms with Crippen LogP contribution in [0.3, 0.4) is 0 Å². The van der Waals surface area contributed by atoms with E-state index < -0.39 is 0 Å². The van der Waals surface area contributed by atoms with E-state index in [1.165, 1.54) is 41.1 Å². The predicted octanol–water partition coefficient (Wildman–Crippen LogP) is 4.45. The van der Waals surface area contributed by atoms with Crippen molar-refractivity contribution in [3.8, 4) is 0 Å². The van der Waals surface area contributed by atoms with Crippen LogP contribution >= 0.6 is 0 Å². The third kappa shape index (κ3) is 3.36. The number of H-pyrrole nitrogens is 1. The average molecular weight is 378 g/mol. The van der Waals surface area contributed by atoms with Gasteiger partial charge in [0.05, 0.1) is 0 Å². The molecule has 146 valence electrons. The number of hydrogen-bond donors (Lipinski definition) is 3. The number of aromatic amines is 1. The molecule has 28 heavy (non-hydrogen) atoms. The van der Waals surface area contributed by atoms with Gasteiger partial charge in [-0.1, -0.05) is 30.3 Å². The lowest BCUT2D eigenvalue weighted by Gasteiger charge is -2.37. The van der Waals surface area contributed by atoms with E-state index in [0.717, 1.165) is 37.4 Å². The summed E-state index contributed by atoms with van der Waals surface area (Å²) < 4.78 is 13.9. The molecule has 0 spiro atoms. The highest BCUT2D eigenvalue weighted by Crippen LogP contribution is 2.44. The lowest BCUT2D eigenvalue weighted by Crippen LogP contribution is -2.41. The second-order valence-electron chi connectivity index (χ2n) is 8.55. The lowest BCUT2D eigenvalue weighted by molar-refractivity contribution is 0.391. The van der Waals surface area contributed by atoms with Crippen LogP contribution in [0.15, 0.2) is 48.5 Å². The number of rotatable bonds is 6. The number of nitrogens with one attached hydrogen (secondary N) is 2. The summed E-state index contributed by atoms with van der Waals surface area (Å²) in [6, 6.07) is 15.5. The zero-order chi connectivity index (χ0) is 19.1. The van der Waals surface area contributed by atoms with Gasteiger partial charge in [0.2, 0.25) is 0 Å². The summed E-state index contributed by atoms with van der Waals surface area (Å²) in [6.45, 7) is 2.10.